The number of urea groups is 1. The van der Waals surface area contributed by atoms with Crippen LogP contribution in [-0.2, 0) is 0 Å². The molecule has 2 aliphatic heterocycles. The lowest BCUT2D eigenvalue weighted by molar-refractivity contribution is 0.172. The molecule has 2 saturated heterocycles. The van der Waals surface area contributed by atoms with Crippen LogP contribution in [0.2, 0.25) is 0 Å². The van der Waals surface area contributed by atoms with E-state index in [9.17, 15) is 4.79 Å². The molecule has 0 radical (unpaired) electrons. The predicted molar refractivity (Wildman–Crippen MR) is 88.6 cm³/mol. The SMILES string of the molecule is O=C(Nc1ccnn1C1CCC1)N1CCC(N2CCNCC2)C1. The second kappa shape index (κ2) is 6.49. The van der Waals surface area contributed by atoms with Crippen LogP contribution in [0.25, 0.3) is 0 Å². The van der Waals surface area contributed by atoms with E-state index in [2.05, 4.69) is 20.6 Å². The zero-order chi connectivity index (χ0) is 15.6. The van der Waals surface area contributed by atoms with Crippen molar-refractivity contribution in [3.05, 3.63) is 12.3 Å². The predicted octanol–water partition coefficient (Wildman–Crippen LogP) is 1.12. The Balaban J connectivity index is 1.34. The number of nitrogens with zero attached hydrogens (tertiary/aromatic N) is 4. The first-order chi connectivity index (χ1) is 11.3. The van der Waals surface area contributed by atoms with Crippen LogP contribution in [0, 0.1) is 0 Å². The van der Waals surface area contributed by atoms with Crippen molar-refractivity contribution in [2.45, 2.75) is 37.8 Å². The smallest absolute Gasteiger partial charge is 0.323 e. The quantitative estimate of drug-likeness (QED) is 0.876. The van der Waals surface area contributed by atoms with Gasteiger partial charge >= 0.3 is 6.03 Å². The first-order valence-corrected chi connectivity index (χ1v) is 8.85. The minimum atomic E-state index is 0.0173. The number of nitrogens with one attached hydrogen (secondary N) is 2. The Morgan fingerprint density at radius 2 is 2.00 bits per heavy atom. The normalized spacial score (nSPS) is 26.3. The molecule has 1 aromatic rings. The van der Waals surface area contributed by atoms with Gasteiger partial charge in [0.1, 0.15) is 5.82 Å². The molecule has 2 amide bonds. The topological polar surface area (TPSA) is 65.4 Å². The van der Waals surface area contributed by atoms with Crippen molar-refractivity contribution in [3.8, 4) is 0 Å². The number of hydrogen-bond donors (Lipinski definition) is 2. The Morgan fingerprint density at radius 1 is 1.17 bits per heavy atom. The van der Waals surface area contributed by atoms with Gasteiger partial charge in [-0.05, 0) is 25.7 Å². The molecule has 0 bridgehead atoms. The van der Waals surface area contributed by atoms with Crippen molar-refractivity contribution in [2.75, 3.05) is 44.6 Å². The highest BCUT2D eigenvalue weighted by Crippen LogP contribution is 2.33. The van der Waals surface area contributed by atoms with Crippen LogP contribution in [0.3, 0.4) is 0 Å². The highest BCUT2D eigenvalue weighted by molar-refractivity contribution is 5.88. The molecule has 1 atom stereocenters. The summed E-state index contributed by atoms with van der Waals surface area (Å²) in [6.45, 7) is 5.98. The van der Waals surface area contributed by atoms with Crippen LogP contribution >= 0.6 is 0 Å². The molecule has 3 heterocycles. The molecule has 1 aromatic heterocycles. The van der Waals surface area contributed by atoms with Gasteiger partial charge in [-0.25, -0.2) is 9.48 Å². The van der Waals surface area contributed by atoms with E-state index in [1.165, 1.54) is 19.3 Å². The summed E-state index contributed by atoms with van der Waals surface area (Å²) in [5.74, 6) is 0.838. The highest BCUT2D eigenvalue weighted by atomic mass is 16.2. The Hall–Kier alpha value is -1.60. The first kappa shape index (κ1) is 15.0. The molecule has 7 heteroatoms. The molecule has 4 rings (SSSR count). The van der Waals surface area contributed by atoms with E-state index in [-0.39, 0.29) is 6.03 Å². The van der Waals surface area contributed by atoms with Crippen LogP contribution in [0.15, 0.2) is 12.3 Å². The number of piperazine rings is 1. The molecule has 1 aliphatic carbocycles. The third-order valence-corrected chi connectivity index (χ3v) is 5.44. The lowest BCUT2D eigenvalue weighted by Gasteiger charge is -2.32. The number of likely N-dealkylation sites (tertiary alicyclic amines) is 1. The number of rotatable bonds is 3. The Labute approximate surface area is 137 Å². The monoisotopic (exact) mass is 318 g/mol. The fourth-order valence-corrected chi connectivity index (χ4v) is 3.80. The molecule has 1 unspecified atom stereocenters. The minimum absolute atomic E-state index is 0.0173. The second-order valence-corrected chi connectivity index (χ2v) is 6.85. The van der Waals surface area contributed by atoms with Crippen LogP contribution in [0.1, 0.15) is 31.7 Å². The number of anilines is 1. The molecule has 0 spiro atoms. The van der Waals surface area contributed by atoms with E-state index in [0.29, 0.717) is 12.1 Å². The minimum Gasteiger partial charge on any atom is -0.323 e. The van der Waals surface area contributed by atoms with Gasteiger partial charge in [-0.1, -0.05) is 0 Å². The van der Waals surface area contributed by atoms with Gasteiger partial charge in [0.05, 0.1) is 12.2 Å². The third kappa shape index (κ3) is 3.07. The Bertz CT molecular complexity index is 549. The van der Waals surface area contributed by atoms with Crippen LogP contribution in [0.4, 0.5) is 10.6 Å². The van der Waals surface area contributed by atoms with E-state index < -0.39 is 0 Å². The number of amides is 2. The maximum Gasteiger partial charge on any atom is 0.323 e. The fraction of sp³-hybridized carbons (Fsp3) is 0.750. The van der Waals surface area contributed by atoms with Gasteiger partial charge < -0.3 is 10.2 Å². The average molecular weight is 318 g/mol. The third-order valence-electron chi connectivity index (χ3n) is 5.44. The van der Waals surface area contributed by atoms with E-state index in [1.54, 1.807) is 6.20 Å². The summed E-state index contributed by atoms with van der Waals surface area (Å²) < 4.78 is 1.98. The molecule has 7 nitrogen and oxygen atoms in total. The molecule has 0 aromatic carbocycles. The molecule has 3 fully saturated rings. The summed E-state index contributed by atoms with van der Waals surface area (Å²) in [6.07, 6.45) is 6.45. The summed E-state index contributed by atoms with van der Waals surface area (Å²) in [7, 11) is 0. The van der Waals surface area contributed by atoms with E-state index in [0.717, 1.165) is 51.5 Å². The lowest BCUT2D eigenvalue weighted by atomic mass is 9.93. The van der Waals surface area contributed by atoms with E-state index >= 15 is 0 Å². The van der Waals surface area contributed by atoms with Crippen molar-refractivity contribution in [2.24, 2.45) is 0 Å². The zero-order valence-electron chi connectivity index (χ0n) is 13.6. The van der Waals surface area contributed by atoms with Gasteiger partial charge in [0, 0.05) is 51.4 Å². The van der Waals surface area contributed by atoms with Crippen LogP contribution < -0.4 is 10.6 Å². The van der Waals surface area contributed by atoms with Crippen molar-refractivity contribution >= 4 is 11.8 Å². The molecular formula is C16H26N6O. The number of aromatic nitrogens is 2. The summed E-state index contributed by atoms with van der Waals surface area (Å²) in [4.78, 5) is 17.0. The Kier molecular flexibility index (Phi) is 4.22. The van der Waals surface area contributed by atoms with Crippen molar-refractivity contribution in [3.63, 3.8) is 0 Å². The van der Waals surface area contributed by atoms with Crippen molar-refractivity contribution < 1.29 is 4.79 Å². The zero-order valence-corrected chi connectivity index (χ0v) is 13.6. The van der Waals surface area contributed by atoms with E-state index in [4.69, 9.17) is 0 Å². The maximum absolute atomic E-state index is 12.6. The summed E-state index contributed by atoms with van der Waals surface area (Å²) in [6, 6.07) is 2.90. The molecule has 3 aliphatic rings. The van der Waals surface area contributed by atoms with E-state index in [1.807, 2.05) is 15.6 Å². The molecule has 1 saturated carbocycles. The maximum atomic E-state index is 12.6. The van der Waals surface area contributed by atoms with Crippen LogP contribution in [0.5, 0.6) is 0 Å². The van der Waals surface area contributed by atoms with Gasteiger partial charge in [-0.15, -0.1) is 0 Å². The molecular weight excluding hydrogens is 292 g/mol. The van der Waals surface area contributed by atoms with Crippen molar-refractivity contribution in [1.29, 1.82) is 0 Å². The van der Waals surface area contributed by atoms with Crippen molar-refractivity contribution in [1.82, 2.24) is 24.9 Å². The largest absolute Gasteiger partial charge is 0.323 e. The molecule has 2 N–H and O–H groups in total. The first-order valence-electron chi connectivity index (χ1n) is 8.85. The van der Waals surface area contributed by atoms with Gasteiger partial charge in [-0.3, -0.25) is 10.2 Å². The molecule has 23 heavy (non-hydrogen) atoms. The standard InChI is InChI=1S/C16H26N6O/c23-16(19-15-4-6-18-22(15)13-2-1-3-13)21-9-5-14(12-21)20-10-7-17-8-11-20/h4,6,13-14,17H,1-3,5,7-12H2,(H,19,23). The van der Waals surface area contributed by atoms with Gasteiger partial charge in [-0.2, -0.15) is 5.10 Å². The Morgan fingerprint density at radius 3 is 2.74 bits per heavy atom. The van der Waals surface area contributed by atoms with Crippen LogP contribution in [-0.4, -0.2) is 70.9 Å². The number of carbonyl (C=O) groups excluding carboxylic acids is 1. The average Bonchev–Trinajstić information content (AvgIpc) is 3.17. The van der Waals surface area contributed by atoms with Gasteiger partial charge in [0.2, 0.25) is 0 Å². The second-order valence-electron chi connectivity index (χ2n) is 6.85. The highest BCUT2D eigenvalue weighted by Gasteiger charge is 2.31. The van der Waals surface area contributed by atoms with Gasteiger partial charge in [0.25, 0.3) is 0 Å². The summed E-state index contributed by atoms with van der Waals surface area (Å²) >= 11 is 0. The summed E-state index contributed by atoms with van der Waals surface area (Å²) in [5, 5.41) is 10.8. The molecule has 126 valence electrons. The fourth-order valence-electron chi connectivity index (χ4n) is 3.80. The lowest BCUT2D eigenvalue weighted by Crippen LogP contribution is -2.49. The summed E-state index contributed by atoms with van der Waals surface area (Å²) in [5.41, 5.74) is 0. The number of hydrogen-bond acceptors (Lipinski definition) is 4. The number of carbonyl (C=O) groups is 1. The van der Waals surface area contributed by atoms with Gasteiger partial charge in [0.15, 0.2) is 0 Å².